The molecule has 0 aliphatic carbocycles. The Morgan fingerprint density at radius 3 is 2.21 bits per heavy atom. The summed E-state index contributed by atoms with van der Waals surface area (Å²) in [6, 6.07) is 0.990. The molecule has 0 aromatic heterocycles. The third-order valence-corrected chi connectivity index (χ3v) is 5.48. The Kier molecular flexibility index (Phi) is 5.43. The van der Waals surface area contributed by atoms with Gasteiger partial charge in [0, 0.05) is 32.3 Å². The summed E-state index contributed by atoms with van der Waals surface area (Å²) >= 11 is 0. The Morgan fingerprint density at radius 1 is 1.03 bits per heavy atom. The summed E-state index contributed by atoms with van der Waals surface area (Å²) in [6.45, 7) is 6.51. The molecule has 1 aromatic carbocycles. The molecule has 11 heteroatoms. The Hall–Kier alpha value is -3.76. The van der Waals surface area contributed by atoms with Crippen LogP contribution in [0.2, 0.25) is 0 Å². The summed E-state index contributed by atoms with van der Waals surface area (Å²) in [5.41, 5.74) is -0.674. The van der Waals surface area contributed by atoms with Crippen molar-refractivity contribution in [2.75, 3.05) is 31.1 Å². The summed E-state index contributed by atoms with van der Waals surface area (Å²) in [6.07, 6.45) is 1.77. The number of benzene rings is 1. The number of nitrogens with one attached hydrogen (secondary N) is 1. The maximum Gasteiger partial charge on any atom is 0.410 e. The molecule has 0 saturated carbocycles. The highest BCUT2D eigenvalue weighted by molar-refractivity contribution is 6.24. The van der Waals surface area contributed by atoms with Gasteiger partial charge in [0.2, 0.25) is 5.91 Å². The van der Waals surface area contributed by atoms with Crippen LogP contribution in [0.25, 0.3) is 0 Å². The number of fused-ring (bicyclic) bond motifs is 1. The minimum absolute atomic E-state index is 0.0240. The summed E-state index contributed by atoms with van der Waals surface area (Å²) < 4.78 is 20.3. The number of halogens is 1. The number of amides is 5. The first-order valence-corrected chi connectivity index (χ1v) is 10.4. The van der Waals surface area contributed by atoms with Crippen molar-refractivity contribution in [1.82, 2.24) is 15.1 Å². The van der Waals surface area contributed by atoms with Crippen molar-refractivity contribution in [2.24, 2.45) is 0 Å². The SMILES string of the molecule is CC(C)(C)OC(=O)N1CCN(c2cc3c(cc2F)C(=O)N(C2C=CC(=O)NC2=O)C3=O)CC1. The van der Waals surface area contributed by atoms with Crippen molar-refractivity contribution in [3.05, 3.63) is 41.2 Å². The number of hydrogen-bond acceptors (Lipinski definition) is 7. The van der Waals surface area contributed by atoms with Gasteiger partial charge in [-0.05, 0) is 39.0 Å². The number of ether oxygens (including phenoxy) is 1. The average molecular weight is 458 g/mol. The van der Waals surface area contributed by atoms with Crippen molar-refractivity contribution >= 4 is 35.4 Å². The van der Waals surface area contributed by atoms with E-state index >= 15 is 0 Å². The fraction of sp³-hybridized carbons (Fsp3) is 0.409. The summed E-state index contributed by atoms with van der Waals surface area (Å²) in [7, 11) is 0. The Bertz CT molecular complexity index is 1100. The van der Waals surface area contributed by atoms with E-state index < -0.39 is 47.2 Å². The van der Waals surface area contributed by atoms with Gasteiger partial charge >= 0.3 is 6.09 Å². The second kappa shape index (κ2) is 7.98. The van der Waals surface area contributed by atoms with E-state index in [-0.39, 0.29) is 16.8 Å². The van der Waals surface area contributed by atoms with Crippen LogP contribution in [0, 0.1) is 5.82 Å². The van der Waals surface area contributed by atoms with Gasteiger partial charge in [-0.25, -0.2) is 9.18 Å². The van der Waals surface area contributed by atoms with E-state index in [1.165, 1.54) is 11.0 Å². The van der Waals surface area contributed by atoms with E-state index in [1.54, 1.807) is 25.7 Å². The lowest BCUT2D eigenvalue weighted by Gasteiger charge is -2.36. The Labute approximate surface area is 188 Å². The number of carbonyl (C=O) groups excluding carboxylic acids is 5. The number of anilines is 1. The maximum atomic E-state index is 14.9. The smallest absolute Gasteiger partial charge is 0.410 e. The van der Waals surface area contributed by atoms with Gasteiger partial charge in [0.05, 0.1) is 16.8 Å². The number of nitrogens with zero attached hydrogens (tertiary/aromatic N) is 3. The third kappa shape index (κ3) is 4.18. The van der Waals surface area contributed by atoms with Crippen molar-refractivity contribution in [3.8, 4) is 0 Å². The number of imide groups is 2. The lowest BCUT2D eigenvalue weighted by molar-refractivity contribution is -0.130. The van der Waals surface area contributed by atoms with Gasteiger partial charge in [-0.3, -0.25) is 29.4 Å². The number of carbonyl (C=O) groups is 5. The second-order valence-electron chi connectivity index (χ2n) is 8.94. The van der Waals surface area contributed by atoms with Gasteiger partial charge in [0.1, 0.15) is 17.5 Å². The maximum absolute atomic E-state index is 14.9. The van der Waals surface area contributed by atoms with Gasteiger partial charge in [-0.1, -0.05) is 0 Å². The number of piperazine rings is 1. The van der Waals surface area contributed by atoms with Crippen LogP contribution in [-0.4, -0.2) is 77.3 Å². The molecule has 1 fully saturated rings. The molecule has 0 spiro atoms. The van der Waals surface area contributed by atoms with Crippen LogP contribution in [0.5, 0.6) is 0 Å². The lowest BCUT2D eigenvalue weighted by Crippen LogP contribution is -2.51. The molecule has 1 atom stereocenters. The first-order valence-electron chi connectivity index (χ1n) is 10.4. The summed E-state index contributed by atoms with van der Waals surface area (Å²) in [5.74, 6) is -3.71. The van der Waals surface area contributed by atoms with Gasteiger partial charge < -0.3 is 14.5 Å². The van der Waals surface area contributed by atoms with E-state index in [4.69, 9.17) is 4.74 Å². The molecule has 1 aromatic rings. The minimum atomic E-state index is -1.29. The van der Waals surface area contributed by atoms with E-state index in [0.717, 1.165) is 18.2 Å². The van der Waals surface area contributed by atoms with Crippen LogP contribution in [0.15, 0.2) is 24.3 Å². The fourth-order valence-electron chi connectivity index (χ4n) is 3.93. The molecule has 33 heavy (non-hydrogen) atoms. The normalized spacial score (nSPS) is 20.8. The average Bonchev–Trinajstić information content (AvgIpc) is 2.96. The quantitative estimate of drug-likeness (QED) is 0.659. The van der Waals surface area contributed by atoms with Gasteiger partial charge in [0.15, 0.2) is 0 Å². The van der Waals surface area contributed by atoms with Gasteiger partial charge in [0.25, 0.3) is 17.7 Å². The molecule has 3 aliphatic rings. The highest BCUT2D eigenvalue weighted by Gasteiger charge is 2.44. The van der Waals surface area contributed by atoms with E-state index in [1.807, 2.05) is 5.32 Å². The number of rotatable bonds is 2. The Balaban J connectivity index is 1.53. The first-order chi connectivity index (χ1) is 15.5. The van der Waals surface area contributed by atoms with Crippen LogP contribution < -0.4 is 10.2 Å². The van der Waals surface area contributed by atoms with Crippen molar-refractivity contribution in [2.45, 2.75) is 32.4 Å². The van der Waals surface area contributed by atoms with E-state index in [0.29, 0.717) is 31.1 Å². The van der Waals surface area contributed by atoms with E-state index in [2.05, 4.69) is 0 Å². The molecule has 1 N–H and O–H groups in total. The highest BCUT2D eigenvalue weighted by atomic mass is 19.1. The zero-order chi connectivity index (χ0) is 24.1. The minimum Gasteiger partial charge on any atom is -0.444 e. The fourth-order valence-corrected chi connectivity index (χ4v) is 3.93. The van der Waals surface area contributed by atoms with E-state index in [9.17, 15) is 28.4 Å². The molecule has 0 bridgehead atoms. The molecule has 3 aliphatic heterocycles. The molecular weight excluding hydrogens is 435 g/mol. The molecule has 174 valence electrons. The number of hydrogen-bond donors (Lipinski definition) is 1. The topological polar surface area (TPSA) is 116 Å². The summed E-state index contributed by atoms with van der Waals surface area (Å²) in [4.78, 5) is 65.4. The molecule has 5 amide bonds. The van der Waals surface area contributed by atoms with Crippen LogP contribution in [0.3, 0.4) is 0 Å². The molecule has 1 saturated heterocycles. The predicted molar refractivity (Wildman–Crippen MR) is 113 cm³/mol. The molecule has 10 nitrogen and oxygen atoms in total. The summed E-state index contributed by atoms with van der Waals surface area (Å²) in [5, 5.41) is 2.04. The standard InChI is InChI=1S/C22H23FN4O6/c1-22(2,3)33-21(32)26-8-6-25(7-9-26)16-11-13-12(10-14(16)23)19(30)27(20(13)31)15-4-5-17(28)24-18(15)29/h4-5,10-11,15H,6-9H2,1-3H3,(H,24,28,29). The van der Waals surface area contributed by atoms with Crippen LogP contribution in [-0.2, 0) is 14.3 Å². The Morgan fingerprint density at radius 2 is 1.64 bits per heavy atom. The molecule has 1 unspecified atom stereocenters. The second-order valence-corrected chi connectivity index (χ2v) is 8.94. The first kappa shape index (κ1) is 22.4. The largest absolute Gasteiger partial charge is 0.444 e. The van der Waals surface area contributed by atoms with Crippen molar-refractivity contribution in [1.29, 1.82) is 0 Å². The predicted octanol–water partition coefficient (Wildman–Crippen LogP) is 1.06. The molecule has 3 heterocycles. The zero-order valence-electron chi connectivity index (χ0n) is 18.4. The van der Waals surface area contributed by atoms with Crippen LogP contribution in [0.1, 0.15) is 41.5 Å². The van der Waals surface area contributed by atoms with Crippen molar-refractivity contribution in [3.63, 3.8) is 0 Å². The van der Waals surface area contributed by atoms with Crippen LogP contribution >= 0.6 is 0 Å². The van der Waals surface area contributed by atoms with Crippen molar-refractivity contribution < 1.29 is 33.1 Å². The van der Waals surface area contributed by atoms with Crippen LogP contribution in [0.4, 0.5) is 14.9 Å². The highest BCUT2D eigenvalue weighted by Crippen LogP contribution is 2.32. The van der Waals surface area contributed by atoms with Gasteiger partial charge in [-0.15, -0.1) is 0 Å². The lowest BCUT2D eigenvalue weighted by atomic mass is 10.1. The third-order valence-electron chi connectivity index (χ3n) is 5.48. The molecule has 0 radical (unpaired) electrons. The molecular formula is C22H23FN4O6. The zero-order valence-corrected chi connectivity index (χ0v) is 18.4. The molecule has 4 rings (SSSR count). The van der Waals surface area contributed by atoms with Gasteiger partial charge in [-0.2, -0.15) is 0 Å². The monoisotopic (exact) mass is 458 g/mol.